The molecule has 0 fully saturated rings. The molecule has 0 radical (unpaired) electrons. The third kappa shape index (κ3) is 2.88. The Kier molecular flexibility index (Phi) is 4.20. The third-order valence-electron chi connectivity index (χ3n) is 3.45. The first kappa shape index (κ1) is 14.7. The quantitative estimate of drug-likeness (QED) is 0.679. The Hall–Kier alpha value is -2.20. The summed E-state index contributed by atoms with van der Waals surface area (Å²) in [6, 6.07) is 20.5. The first-order valence-electron chi connectivity index (χ1n) is 7.05. The number of allylic oxidation sites excluding steroid dienone is 1. The number of benzene rings is 2. The molecule has 110 valence electrons. The SMILES string of the molecule is C=C(C)c1nn(C(c2ccccc2)c2ccccc2)nc1Br. The molecule has 0 amide bonds. The fourth-order valence-electron chi connectivity index (χ4n) is 2.41. The van der Waals surface area contributed by atoms with E-state index < -0.39 is 0 Å². The molecule has 0 saturated heterocycles. The largest absolute Gasteiger partial charge is 0.171 e. The van der Waals surface area contributed by atoms with Crippen LogP contribution in [0.5, 0.6) is 0 Å². The molecule has 0 aliphatic rings. The number of hydrogen-bond acceptors (Lipinski definition) is 2. The summed E-state index contributed by atoms with van der Waals surface area (Å²) in [6.07, 6.45) is 0. The minimum absolute atomic E-state index is 0.0631. The molecule has 0 atom stereocenters. The molecule has 1 heterocycles. The summed E-state index contributed by atoms with van der Waals surface area (Å²) in [4.78, 5) is 1.75. The lowest BCUT2D eigenvalue weighted by molar-refractivity contribution is 0.516. The zero-order valence-electron chi connectivity index (χ0n) is 12.3. The van der Waals surface area contributed by atoms with Gasteiger partial charge in [-0.25, -0.2) is 0 Å². The Morgan fingerprint density at radius 1 is 0.955 bits per heavy atom. The highest BCUT2D eigenvalue weighted by Gasteiger charge is 2.20. The van der Waals surface area contributed by atoms with Crippen molar-refractivity contribution in [3.8, 4) is 0 Å². The second-order valence-electron chi connectivity index (χ2n) is 5.16. The number of hydrogen-bond donors (Lipinski definition) is 0. The Bertz CT molecular complexity index is 739. The minimum Gasteiger partial charge on any atom is -0.171 e. The van der Waals surface area contributed by atoms with E-state index in [1.54, 1.807) is 4.80 Å². The van der Waals surface area contributed by atoms with Crippen molar-refractivity contribution in [3.63, 3.8) is 0 Å². The third-order valence-corrected chi connectivity index (χ3v) is 3.99. The van der Waals surface area contributed by atoms with E-state index in [4.69, 9.17) is 0 Å². The molecule has 0 N–H and O–H groups in total. The van der Waals surface area contributed by atoms with Gasteiger partial charge in [-0.2, -0.15) is 9.90 Å². The summed E-state index contributed by atoms with van der Waals surface area (Å²) < 4.78 is 0.719. The molecule has 0 spiro atoms. The molecular weight excluding hydrogens is 338 g/mol. The first-order valence-corrected chi connectivity index (χ1v) is 7.84. The van der Waals surface area contributed by atoms with Gasteiger partial charge < -0.3 is 0 Å². The van der Waals surface area contributed by atoms with Gasteiger partial charge in [-0.15, -0.1) is 5.10 Å². The lowest BCUT2D eigenvalue weighted by atomic mass is 9.99. The highest BCUT2D eigenvalue weighted by Crippen LogP contribution is 2.28. The second kappa shape index (κ2) is 6.28. The zero-order valence-corrected chi connectivity index (χ0v) is 13.9. The maximum absolute atomic E-state index is 4.62. The Labute approximate surface area is 138 Å². The van der Waals surface area contributed by atoms with E-state index >= 15 is 0 Å². The normalized spacial score (nSPS) is 10.9. The second-order valence-corrected chi connectivity index (χ2v) is 5.92. The summed E-state index contributed by atoms with van der Waals surface area (Å²) in [5.41, 5.74) is 3.96. The van der Waals surface area contributed by atoms with Crippen molar-refractivity contribution in [3.05, 3.63) is 88.7 Å². The van der Waals surface area contributed by atoms with E-state index in [1.807, 2.05) is 43.3 Å². The van der Waals surface area contributed by atoms with Crippen molar-refractivity contribution in [1.82, 2.24) is 15.0 Å². The molecule has 0 bridgehead atoms. The molecule has 22 heavy (non-hydrogen) atoms. The molecule has 4 heteroatoms. The Balaban J connectivity index is 2.14. The maximum Gasteiger partial charge on any atom is 0.156 e. The van der Waals surface area contributed by atoms with E-state index in [1.165, 1.54) is 0 Å². The van der Waals surface area contributed by atoms with Crippen molar-refractivity contribution in [2.45, 2.75) is 13.0 Å². The van der Waals surface area contributed by atoms with Gasteiger partial charge >= 0.3 is 0 Å². The Morgan fingerprint density at radius 3 is 1.86 bits per heavy atom. The van der Waals surface area contributed by atoms with Crippen molar-refractivity contribution in [1.29, 1.82) is 0 Å². The van der Waals surface area contributed by atoms with Gasteiger partial charge in [-0.05, 0) is 39.6 Å². The van der Waals surface area contributed by atoms with Gasteiger partial charge in [0.15, 0.2) is 4.60 Å². The molecular formula is C18H16BrN3. The predicted octanol–water partition coefficient (Wildman–Crippen LogP) is 4.71. The molecule has 0 unspecified atom stereocenters. The highest BCUT2D eigenvalue weighted by molar-refractivity contribution is 9.10. The number of halogens is 1. The van der Waals surface area contributed by atoms with E-state index in [9.17, 15) is 0 Å². The van der Waals surface area contributed by atoms with E-state index in [2.05, 4.69) is 57.0 Å². The van der Waals surface area contributed by atoms with Crippen molar-refractivity contribution in [2.75, 3.05) is 0 Å². The first-order chi connectivity index (χ1) is 10.7. The van der Waals surface area contributed by atoms with E-state index in [0.29, 0.717) is 0 Å². The molecule has 3 rings (SSSR count). The maximum atomic E-state index is 4.62. The monoisotopic (exact) mass is 353 g/mol. The van der Waals surface area contributed by atoms with Crippen LogP contribution in [0.3, 0.4) is 0 Å². The molecule has 0 saturated carbocycles. The fraction of sp³-hybridized carbons (Fsp3) is 0.111. The van der Waals surface area contributed by atoms with Crippen LogP contribution in [0.25, 0.3) is 5.57 Å². The van der Waals surface area contributed by atoms with Crippen LogP contribution in [0, 0.1) is 0 Å². The van der Waals surface area contributed by atoms with Gasteiger partial charge in [-0.1, -0.05) is 67.2 Å². The van der Waals surface area contributed by atoms with Crippen molar-refractivity contribution >= 4 is 21.5 Å². The summed E-state index contributed by atoms with van der Waals surface area (Å²) >= 11 is 3.48. The smallest absolute Gasteiger partial charge is 0.156 e. The molecule has 2 aromatic carbocycles. The molecule has 3 nitrogen and oxygen atoms in total. The average Bonchev–Trinajstić information content (AvgIpc) is 2.91. The lowest BCUT2D eigenvalue weighted by Gasteiger charge is -2.17. The standard InChI is InChI=1S/C18H16BrN3/c1-13(2)16-18(19)21-22(20-16)17(14-9-5-3-6-10-14)15-11-7-4-8-12-15/h3-12,17H,1H2,2H3. The molecule has 0 aliphatic carbocycles. The number of nitrogens with zero attached hydrogens (tertiary/aromatic N) is 3. The lowest BCUT2D eigenvalue weighted by Crippen LogP contribution is -2.15. The summed E-state index contributed by atoms with van der Waals surface area (Å²) in [6.45, 7) is 5.89. The van der Waals surface area contributed by atoms with Crippen LogP contribution in [0.15, 0.2) is 71.8 Å². The van der Waals surface area contributed by atoms with Gasteiger partial charge in [-0.3, -0.25) is 0 Å². The molecule has 3 aromatic rings. The van der Waals surface area contributed by atoms with Crippen molar-refractivity contribution in [2.24, 2.45) is 0 Å². The Morgan fingerprint density at radius 2 is 1.45 bits per heavy atom. The van der Waals surface area contributed by atoms with Gasteiger partial charge in [0.2, 0.25) is 0 Å². The topological polar surface area (TPSA) is 30.7 Å². The van der Waals surface area contributed by atoms with Gasteiger partial charge in [0.05, 0.1) is 0 Å². The van der Waals surface area contributed by atoms with Gasteiger partial charge in [0, 0.05) is 0 Å². The minimum atomic E-state index is -0.0631. The number of aromatic nitrogens is 3. The van der Waals surface area contributed by atoms with Gasteiger partial charge in [0.25, 0.3) is 0 Å². The van der Waals surface area contributed by atoms with Gasteiger partial charge in [0.1, 0.15) is 11.7 Å². The van der Waals surface area contributed by atoms with Crippen LogP contribution in [0.1, 0.15) is 29.8 Å². The van der Waals surface area contributed by atoms with Crippen LogP contribution in [-0.4, -0.2) is 15.0 Å². The van der Waals surface area contributed by atoms with Crippen LogP contribution in [0.4, 0.5) is 0 Å². The van der Waals surface area contributed by atoms with Crippen LogP contribution in [-0.2, 0) is 0 Å². The summed E-state index contributed by atoms with van der Waals surface area (Å²) in [5.74, 6) is 0. The number of rotatable bonds is 4. The van der Waals surface area contributed by atoms with Crippen molar-refractivity contribution < 1.29 is 0 Å². The highest BCUT2D eigenvalue weighted by atomic mass is 79.9. The zero-order chi connectivity index (χ0) is 15.5. The van der Waals surface area contributed by atoms with E-state index in [-0.39, 0.29) is 6.04 Å². The van der Waals surface area contributed by atoms with Crippen LogP contribution < -0.4 is 0 Å². The molecule has 0 aliphatic heterocycles. The van der Waals surface area contributed by atoms with E-state index in [0.717, 1.165) is 27.0 Å². The summed E-state index contributed by atoms with van der Waals surface area (Å²) in [5, 5.41) is 9.17. The summed E-state index contributed by atoms with van der Waals surface area (Å²) in [7, 11) is 0. The van der Waals surface area contributed by atoms with Crippen LogP contribution >= 0.6 is 15.9 Å². The molecule has 1 aromatic heterocycles. The predicted molar refractivity (Wildman–Crippen MR) is 92.6 cm³/mol. The average molecular weight is 354 g/mol. The fourth-order valence-corrected chi connectivity index (χ4v) is 2.99. The van der Waals surface area contributed by atoms with Crippen LogP contribution in [0.2, 0.25) is 0 Å².